The molecule has 0 saturated carbocycles. The van der Waals surface area contributed by atoms with Gasteiger partial charge in [-0.25, -0.2) is 9.59 Å². The van der Waals surface area contributed by atoms with Crippen molar-refractivity contribution < 1.29 is 33.5 Å². The summed E-state index contributed by atoms with van der Waals surface area (Å²) in [4.78, 5) is 66.3. The number of carbonyl (C=O) groups is 3. The average molecular weight is 592 g/mol. The number of carbonyl (C=O) groups excluding carboxylic acids is 3. The molecule has 0 aromatic heterocycles. The van der Waals surface area contributed by atoms with Crippen LogP contribution in [0, 0.1) is 0 Å². The van der Waals surface area contributed by atoms with Gasteiger partial charge in [-0.1, -0.05) is 20.5 Å². The van der Waals surface area contributed by atoms with Crippen LogP contribution >= 0.6 is 0 Å². The van der Waals surface area contributed by atoms with E-state index in [1.54, 1.807) is 0 Å². The fraction of sp³-hybridized carbons (Fsp3) is 0.250. The van der Waals surface area contributed by atoms with Gasteiger partial charge in [0.25, 0.3) is 5.91 Å². The SMILES string of the molecule is [N-]=[N+]=NOC(=O)c1c2c3c(c(C(=O)N=[N+]=[N-])c1C(=O)ON=[N+]=[N-])OC(N=[N+]=[N-])(O2)C(N=[N+]=[N-])(N=[N+]=[N-])C3(N=[N+]=[N-])N=[N+]=[N-]. The van der Waals surface area contributed by atoms with Crippen molar-refractivity contribution >= 4 is 17.8 Å². The lowest BCUT2D eigenvalue weighted by Gasteiger charge is -2.56. The first kappa shape index (κ1) is 29.5. The topological polar surface area (TPSA) is 478 Å². The van der Waals surface area contributed by atoms with Crippen LogP contribution < -0.4 is 9.47 Å². The molecule has 1 unspecified atom stereocenters. The van der Waals surface area contributed by atoms with E-state index in [-0.39, 0.29) is 0 Å². The smallest absolute Gasteiger partial charge is 0.354 e. The average Bonchev–Trinajstić information content (AvgIpc) is 2.97. The molecule has 0 N–H and O–H groups in total. The fourth-order valence-electron chi connectivity index (χ4n) is 3.93. The van der Waals surface area contributed by atoms with Crippen LogP contribution in [-0.4, -0.2) is 29.4 Å². The number of hydrogen-bond acceptors (Lipinski definition) is 14. The molecule has 0 saturated heterocycles. The quantitative estimate of drug-likeness (QED) is 0.140. The van der Waals surface area contributed by atoms with Crippen molar-refractivity contribution in [1.29, 1.82) is 0 Å². The molecule has 1 atom stereocenters. The first-order chi connectivity index (χ1) is 20.7. The zero-order chi connectivity index (χ0) is 31.8. The highest BCUT2D eigenvalue weighted by Gasteiger charge is 2.77. The highest BCUT2D eigenvalue weighted by atomic mass is 16.7. The Kier molecular flexibility index (Phi) is 7.77. The predicted molar refractivity (Wildman–Crippen MR) is 123 cm³/mol. The van der Waals surface area contributed by atoms with Crippen molar-refractivity contribution in [3.05, 3.63) is 106 Å². The van der Waals surface area contributed by atoms with Gasteiger partial charge in [0, 0.05) is 39.3 Å². The van der Waals surface area contributed by atoms with Crippen LogP contribution in [0.25, 0.3) is 83.5 Å². The molecule has 31 heteroatoms. The Morgan fingerprint density at radius 2 is 1.05 bits per heavy atom. The standard InChI is InChI=1S/C12N24O7/c13-27-21-7(37)2-1(8(38)42-35-33-19)3(9(39)43-36-34-20)6-4-5(2)40-12(41-6,26-32-18)11(24-30-16,25-31-17)10(4,22-28-14)23-29-15. The highest BCUT2D eigenvalue weighted by molar-refractivity contribution is 6.15. The van der Waals surface area contributed by atoms with E-state index in [0.717, 1.165) is 0 Å². The summed E-state index contributed by atoms with van der Waals surface area (Å²) in [6.07, 6.45) is 0. The van der Waals surface area contributed by atoms with E-state index in [4.69, 9.17) is 26.1 Å². The summed E-state index contributed by atoms with van der Waals surface area (Å²) in [6.45, 7) is 0. The maximum atomic E-state index is 13.1. The number of ether oxygens (including phenoxy) is 2. The van der Waals surface area contributed by atoms with Crippen LogP contribution in [0.4, 0.5) is 0 Å². The van der Waals surface area contributed by atoms with Gasteiger partial charge in [0.2, 0.25) is 5.66 Å². The molecule has 1 aromatic rings. The summed E-state index contributed by atoms with van der Waals surface area (Å²) in [5, 5.41) is 23.7. The van der Waals surface area contributed by atoms with Gasteiger partial charge in [0.05, 0.1) is 16.7 Å². The molecule has 0 fully saturated rings. The summed E-state index contributed by atoms with van der Waals surface area (Å²) < 4.78 is 10.9. The number of amides is 1. The van der Waals surface area contributed by atoms with Gasteiger partial charge in [-0.2, -0.15) is 0 Å². The fourth-order valence-corrected chi connectivity index (χ4v) is 3.93. The maximum Gasteiger partial charge on any atom is 0.354 e. The van der Waals surface area contributed by atoms with Crippen molar-refractivity contribution in [1.82, 2.24) is 0 Å². The summed E-state index contributed by atoms with van der Waals surface area (Å²) in [6, 6.07) is 0. The van der Waals surface area contributed by atoms with Crippen molar-refractivity contribution in [2.75, 3.05) is 0 Å². The zero-order valence-electron chi connectivity index (χ0n) is 19.6. The molecule has 4 bridgehead atoms. The molecule has 0 radical (unpaired) electrons. The number of rotatable bonds is 10. The minimum atomic E-state index is -3.57. The Morgan fingerprint density at radius 1 is 0.581 bits per heavy atom. The number of azide groups is 6. The molecule has 0 aliphatic carbocycles. The lowest BCUT2D eigenvalue weighted by Crippen LogP contribution is -2.72. The molecule has 210 valence electrons. The third kappa shape index (κ3) is 4.00. The number of hydrogen-bond donors (Lipinski definition) is 0. The summed E-state index contributed by atoms with van der Waals surface area (Å²) in [5.41, 5.74) is 60.7. The van der Waals surface area contributed by atoms with Crippen LogP contribution in [0.5, 0.6) is 11.5 Å². The van der Waals surface area contributed by atoms with Gasteiger partial charge < -0.3 is 19.1 Å². The summed E-state index contributed by atoms with van der Waals surface area (Å²) in [5.74, 6) is -11.8. The number of nitrogens with zero attached hydrogens (tertiary/aromatic N) is 24. The van der Waals surface area contributed by atoms with Crippen LogP contribution in [0.1, 0.15) is 36.6 Å². The normalized spacial score (nSPS) is 21.0. The van der Waals surface area contributed by atoms with Crippen molar-refractivity contribution in [2.45, 2.75) is 17.2 Å². The van der Waals surface area contributed by atoms with Crippen LogP contribution in [0.3, 0.4) is 0 Å². The lowest BCUT2D eigenvalue weighted by molar-refractivity contribution is -0.213. The molecule has 3 aliphatic rings. The van der Waals surface area contributed by atoms with Crippen molar-refractivity contribution in [3.63, 3.8) is 0 Å². The van der Waals surface area contributed by atoms with Gasteiger partial charge in [0.15, 0.2) is 5.66 Å². The van der Waals surface area contributed by atoms with Gasteiger partial charge in [0.1, 0.15) is 27.6 Å². The van der Waals surface area contributed by atoms with Crippen molar-refractivity contribution in [2.24, 2.45) is 41.2 Å². The molecule has 4 rings (SSSR count). The Bertz CT molecular complexity index is 1860. The lowest BCUT2D eigenvalue weighted by atomic mass is 9.75. The third-order valence-electron chi connectivity index (χ3n) is 5.18. The third-order valence-corrected chi connectivity index (χ3v) is 5.18. The Labute approximate surface area is 228 Å². The Morgan fingerprint density at radius 3 is 1.49 bits per heavy atom. The highest BCUT2D eigenvalue weighted by Crippen LogP contribution is 2.66. The molecule has 3 aliphatic heterocycles. The van der Waals surface area contributed by atoms with E-state index in [2.05, 4.69) is 90.2 Å². The van der Waals surface area contributed by atoms with Crippen molar-refractivity contribution in [3.8, 4) is 11.5 Å². The molecule has 1 aromatic carbocycles. The Balaban J connectivity index is 2.90. The molecular formula is C12N24O7. The van der Waals surface area contributed by atoms with E-state index in [1.807, 2.05) is 0 Å². The van der Waals surface area contributed by atoms with Crippen LogP contribution in [0.2, 0.25) is 0 Å². The molecular weight excluding hydrogens is 592 g/mol. The summed E-state index contributed by atoms with van der Waals surface area (Å²) >= 11 is 0. The van der Waals surface area contributed by atoms with E-state index in [0.29, 0.717) is 0 Å². The molecule has 3 heterocycles. The molecule has 1 amide bonds. The first-order valence-electron chi connectivity index (χ1n) is 9.74. The van der Waals surface area contributed by atoms with E-state index >= 15 is 0 Å². The second-order valence-electron chi connectivity index (χ2n) is 6.83. The Hall–Kier alpha value is -8.09. The summed E-state index contributed by atoms with van der Waals surface area (Å²) in [7, 11) is 0. The minimum Gasteiger partial charge on any atom is -0.445 e. The molecule has 43 heavy (non-hydrogen) atoms. The van der Waals surface area contributed by atoms with Gasteiger partial charge in [-0.05, 0) is 54.5 Å². The van der Waals surface area contributed by atoms with Gasteiger partial charge in [-0.3, -0.25) is 4.79 Å². The van der Waals surface area contributed by atoms with E-state index < -0.39 is 68.8 Å². The molecule has 31 nitrogen and oxygen atoms in total. The van der Waals surface area contributed by atoms with Crippen LogP contribution in [0.15, 0.2) is 41.2 Å². The molecule has 0 spiro atoms. The number of fused-ring (bicyclic) bond motifs is 1. The monoisotopic (exact) mass is 592 g/mol. The van der Waals surface area contributed by atoms with E-state index in [9.17, 15) is 42.0 Å². The predicted octanol–water partition coefficient (Wildman–Crippen LogP) is 5.74. The second-order valence-corrected chi connectivity index (χ2v) is 6.83. The largest absolute Gasteiger partial charge is 0.445 e. The maximum absolute atomic E-state index is 13.1. The van der Waals surface area contributed by atoms with E-state index in [1.165, 1.54) is 0 Å². The first-order valence-corrected chi connectivity index (χ1v) is 9.74. The minimum absolute atomic E-state index is 1.18. The van der Waals surface area contributed by atoms with Gasteiger partial charge >= 0.3 is 17.8 Å². The number of benzene rings is 1. The second kappa shape index (κ2) is 11.3. The zero-order valence-corrected chi connectivity index (χ0v) is 19.6. The van der Waals surface area contributed by atoms with Crippen LogP contribution in [-0.2, 0) is 15.3 Å². The van der Waals surface area contributed by atoms with Gasteiger partial charge in [-0.15, -0.1) is 0 Å².